The predicted octanol–water partition coefficient (Wildman–Crippen LogP) is 7.79. The molecular weight excluding hydrogens is 338 g/mol. The second-order valence-electron chi connectivity index (χ2n) is 8.03. The van der Waals surface area contributed by atoms with E-state index in [1.54, 1.807) is 0 Å². The number of aryl methyl sites for hydroxylation is 1. The highest BCUT2D eigenvalue weighted by Gasteiger charge is 2.08. The zero-order chi connectivity index (χ0) is 20.5. The molecule has 1 aromatic carbocycles. The fraction of sp³-hybridized carbons (Fsp3) is 0.370. The minimum atomic E-state index is 0.677. The zero-order valence-corrected chi connectivity index (χ0v) is 17.9. The van der Waals surface area contributed by atoms with Gasteiger partial charge in [-0.15, -0.1) is 0 Å². The quantitative estimate of drug-likeness (QED) is 0.319. The summed E-state index contributed by atoms with van der Waals surface area (Å²) < 4.78 is 0. The number of hydrogen-bond donors (Lipinski definition) is 1. The molecule has 148 valence electrons. The first-order chi connectivity index (χ1) is 13.4. The van der Waals surface area contributed by atoms with Gasteiger partial charge in [0, 0.05) is 5.71 Å². The first-order valence-corrected chi connectivity index (χ1v) is 10.4. The van der Waals surface area contributed by atoms with Gasteiger partial charge < -0.3 is 5.41 Å². The van der Waals surface area contributed by atoms with Gasteiger partial charge in [-0.1, -0.05) is 72.4 Å². The lowest BCUT2D eigenvalue weighted by molar-refractivity contribution is 0.883. The summed E-state index contributed by atoms with van der Waals surface area (Å²) in [6.07, 6.45) is 16.1. The van der Waals surface area contributed by atoms with Gasteiger partial charge in [-0.3, -0.25) is 0 Å². The van der Waals surface area contributed by atoms with E-state index in [1.165, 1.54) is 51.8 Å². The number of rotatable bonds is 10. The Morgan fingerprint density at radius 3 is 2.50 bits per heavy atom. The van der Waals surface area contributed by atoms with Crippen molar-refractivity contribution >= 4 is 11.8 Å². The fourth-order valence-electron chi connectivity index (χ4n) is 3.80. The topological polar surface area (TPSA) is 23.9 Å². The number of allylic oxidation sites excluding steroid dienone is 7. The summed E-state index contributed by atoms with van der Waals surface area (Å²) in [6.45, 7) is 14.4. The smallest absolute Gasteiger partial charge is 0.0314 e. The monoisotopic (exact) mass is 373 g/mol. The van der Waals surface area contributed by atoms with Crippen LogP contribution in [-0.4, -0.2) is 5.71 Å². The van der Waals surface area contributed by atoms with Crippen molar-refractivity contribution in [1.29, 1.82) is 5.41 Å². The minimum absolute atomic E-state index is 0.677. The Hall–Kier alpha value is -2.41. The van der Waals surface area contributed by atoms with E-state index in [4.69, 9.17) is 5.41 Å². The molecule has 0 saturated carbocycles. The maximum absolute atomic E-state index is 7.98. The van der Waals surface area contributed by atoms with E-state index in [2.05, 4.69) is 63.4 Å². The highest BCUT2D eigenvalue weighted by molar-refractivity contribution is 5.96. The van der Waals surface area contributed by atoms with Crippen LogP contribution in [0.2, 0.25) is 0 Å². The second kappa shape index (κ2) is 10.8. The van der Waals surface area contributed by atoms with Crippen LogP contribution in [0.3, 0.4) is 0 Å². The molecule has 0 unspecified atom stereocenters. The minimum Gasteiger partial charge on any atom is -0.305 e. The third-order valence-electron chi connectivity index (χ3n) is 5.42. The summed E-state index contributed by atoms with van der Waals surface area (Å²) in [6, 6.07) is 6.72. The zero-order valence-electron chi connectivity index (χ0n) is 17.9. The van der Waals surface area contributed by atoms with Crippen LogP contribution >= 0.6 is 0 Å². The van der Waals surface area contributed by atoms with Gasteiger partial charge in [-0.2, -0.15) is 0 Å². The molecule has 0 spiro atoms. The highest BCUT2D eigenvalue weighted by atomic mass is 14.4. The molecule has 0 radical (unpaired) electrons. The highest BCUT2D eigenvalue weighted by Crippen LogP contribution is 2.23. The standard InChI is InChI=1S/C27H35N/c1-6-25-19-24(18-21(4)12-13-23-10-8-7-9-11-23)14-15-26(25)16-17-27(20(2)3)22(5)28/h6,8,10-11,14-15,19,28H,1,4,7,9,12-13,16-18H2,2-3,5H3. The molecule has 0 bridgehead atoms. The lowest BCUT2D eigenvalue weighted by Gasteiger charge is -2.13. The van der Waals surface area contributed by atoms with Crippen LogP contribution in [0.25, 0.3) is 6.08 Å². The third-order valence-corrected chi connectivity index (χ3v) is 5.42. The summed E-state index contributed by atoms with van der Waals surface area (Å²) in [5.74, 6) is 0. The molecule has 1 nitrogen and oxygen atoms in total. The van der Waals surface area contributed by atoms with Gasteiger partial charge in [0.25, 0.3) is 0 Å². The molecule has 0 aliphatic heterocycles. The number of benzene rings is 1. The SMILES string of the molecule is C=Cc1cc(CC(=C)CCC2=CCCC=C2)ccc1CCC(C(C)=N)=C(C)C. The Morgan fingerprint density at radius 1 is 1.11 bits per heavy atom. The Labute approximate surface area is 171 Å². The summed E-state index contributed by atoms with van der Waals surface area (Å²) in [7, 11) is 0. The van der Waals surface area contributed by atoms with Crippen molar-refractivity contribution < 1.29 is 0 Å². The van der Waals surface area contributed by atoms with Crippen LogP contribution in [-0.2, 0) is 12.8 Å². The Bertz CT molecular complexity index is 826. The second-order valence-corrected chi connectivity index (χ2v) is 8.03. The lowest BCUT2D eigenvalue weighted by atomic mass is 9.92. The molecule has 0 heterocycles. The van der Waals surface area contributed by atoms with Gasteiger partial charge in [0.2, 0.25) is 0 Å². The molecule has 0 saturated heterocycles. The van der Waals surface area contributed by atoms with E-state index in [1.807, 2.05) is 13.0 Å². The van der Waals surface area contributed by atoms with Crippen LogP contribution in [0.5, 0.6) is 0 Å². The van der Waals surface area contributed by atoms with Crippen molar-refractivity contribution in [2.24, 2.45) is 0 Å². The summed E-state index contributed by atoms with van der Waals surface area (Å²) >= 11 is 0. The molecule has 2 rings (SSSR count). The molecule has 0 amide bonds. The van der Waals surface area contributed by atoms with Crippen LogP contribution in [0, 0.1) is 5.41 Å². The van der Waals surface area contributed by atoms with E-state index < -0.39 is 0 Å². The van der Waals surface area contributed by atoms with Crippen LogP contribution < -0.4 is 0 Å². The predicted molar refractivity (Wildman–Crippen MR) is 125 cm³/mol. The van der Waals surface area contributed by atoms with Crippen molar-refractivity contribution in [1.82, 2.24) is 0 Å². The van der Waals surface area contributed by atoms with Crippen LogP contribution in [0.1, 0.15) is 69.6 Å². The maximum atomic E-state index is 7.98. The summed E-state index contributed by atoms with van der Waals surface area (Å²) in [4.78, 5) is 0. The molecule has 1 aliphatic carbocycles. The molecule has 1 aromatic rings. The van der Waals surface area contributed by atoms with Crippen LogP contribution in [0.4, 0.5) is 0 Å². The van der Waals surface area contributed by atoms with Crippen molar-refractivity contribution in [3.05, 3.63) is 88.6 Å². The van der Waals surface area contributed by atoms with Gasteiger partial charge in [0.05, 0.1) is 0 Å². The fourth-order valence-corrected chi connectivity index (χ4v) is 3.80. The average molecular weight is 374 g/mol. The summed E-state index contributed by atoms with van der Waals surface area (Å²) in [5, 5.41) is 7.98. The molecule has 1 aliphatic rings. The van der Waals surface area contributed by atoms with Crippen molar-refractivity contribution in [3.63, 3.8) is 0 Å². The lowest BCUT2D eigenvalue weighted by Crippen LogP contribution is -2.02. The Balaban J connectivity index is 1.98. The van der Waals surface area contributed by atoms with E-state index >= 15 is 0 Å². The first kappa shape index (κ1) is 21.9. The van der Waals surface area contributed by atoms with Gasteiger partial charge >= 0.3 is 0 Å². The van der Waals surface area contributed by atoms with Gasteiger partial charge in [-0.25, -0.2) is 0 Å². The van der Waals surface area contributed by atoms with E-state index in [0.717, 1.165) is 32.1 Å². The Morgan fingerprint density at radius 2 is 1.89 bits per heavy atom. The number of nitrogens with one attached hydrogen (secondary N) is 1. The van der Waals surface area contributed by atoms with Gasteiger partial charge in [0.1, 0.15) is 0 Å². The van der Waals surface area contributed by atoms with Crippen LogP contribution in [0.15, 0.2) is 71.9 Å². The van der Waals surface area contributed by atoms with Crippen molar-refractivity contribution in [2.75, 3.05) is 0 Å². The maximum Gasteiger partial charge on any atom is 0.0314 e. The van der Waals surface area contributed by atoms with E-state index in [0.29, 0.717) is 5.71 Å². The molecule has 0 fully saturated rings. The molecule has 0 atom stereocenters. The summed E-state index contributed by atoms with van der Waals surface area (Å²) in [5.41, 5.74) is 9.64. The third kappa shape index (κ3) is 6.64. The van der Waals surface area contributed by atoms with Gasteiger partial charge in [0.15, 0.2) is 0 Å². The molecule has 1 heteroatoms. The van der Waals surface area contributed by atoms with Crippen molar-refractivity contribution in [3.8, 4) is 0 Å². The van der Waals surface area contributed by atoms with Gasteiger partial charge in [-0.05, 0) is 88.0 Å². The average Bonchev–Trinajstić information content (AvgIpc) is 2.67. The molecule has 28 heavy (non-hydrogen) atoms. The molecular formula is C27H35N. The van der Waals surface area contributed by atoms with Crippen molar-refractivity contribution in [2.45, 2.75) is 65.7 Å². The normalized spacial score (nSPS) is 13.0. The molecule has 0 aromatic heterocycles. The largest absolute Gasteiger partial charge is 0.305 e. The van der Waals surface area contributed by atoms with E-state index in [-0.39, 0.29) is 0 Å². The Kier molecular flexibility index (Phi) is 8.44. The number of hydrogen-bond acceptors (Lipinski definition) is 1. The molecule has 1 N–H and O–H groups in total. The first-order valence-electron chi connectivity index (χ1n) is 10.4. The van der Waals surface area contributed by atoms with E-state index in [9.17, 15) is 0 Å².